The van der Waals surface area contributed by atoms with Gasteiger partial charge in [0.05, 0.1) is 25.4 Å². The third kappa shape index (κ3) is 4.31. The van der Waals surface area contributed by atoms with Crippen LogP contribution in [-0.4, -0.2) is 25.4 Å². The molecule has 1 heterocycles. The third-order valence-electron chi connectivity index (χ3n) is 4.60. The molecule has 4 nitrogen and oxygen atoms in total. The van der Waals surface area contributed by atoms with Gasteiger partial charge >= 0.3 is 0 Å². The van der Waals surface area contributed by atoms with E-state index in [1.807, 2.05) is 6.92 Å². The topological polar surface area (TPSA) is 43.6 Å². The lowest BCUT2D eigenvalue weighted by atomic mass is 9.95. The molecule has 2 saturated carbocycles. The summed E-state index contributed by atoms with van der Waals surface area (Å²) in [5.74, 6) is 2.01. The molecule has 2 atom stereocenters. The summed E-state index contributed by atoms with van der Waals surface area (Å²) in [7, 11) is 1.80. The van der Waals surface area contributed by atoms with E-state index in [-0.39, 0.29) is 0 Å². The second-order valence-electron chi connectivity index (χ2n) is 6.41. The monoisotopic (exact) mass is 293 g/mol. The lowest BCUT2D eigenvalue weighted by Crippen LogP contribution is -2.27. The maximum atomic E-state index is 6.07. The Morgan fingerprint density at radius 3 is 2.81 bits per heavy atom. The third-order valence-corrected chi connectivity index (χ3v) is 4.60. The minimum atomic E-state index is 0.325. The van der Waals surface area contributed by atoms with Crippen LogP contribution in [0.5, 0.6) is 0 Å². The molecule has 0 aromatic carbocycles. The first-order valence-electron chi connectivity index (χ1n) is 8.20. The Labute approximate surface area is 127 Å². The average Bonchev–Trinajstić information content (AvgIpc) is 3.27. The van der Waals surface area contributed by atoms with Gasteiger partial charge in [-0.25, -0.2) is 0 Å². The molecule has 0 amide bonds. The second kappa shape index (κ2) is 6.95. The van der Waals surface area contributed by atoms with Crippen molar-refractivity contribution in [1.82, 2.24) is 5.32 Å². The number of rotatable bonds is 7. The molecule has 0 spiro atoms. The van der Waals surface area contributed by atoms with Gasteiger partial charge in [-0.15, -0.1) is 0 Å². The van der Waals surface area contributed by atoms with Crippen LogP contribution in [0.3, 0.4) is 0 Å². The number of methoxy groups -OCH3 is 1. The Kier molecular flexibility index (Phi) is 4.99. The summed E-state index contributed by atoms with van der Waals surface area (Å²) >= 11 is 0. The molecule has 3 rings (SSSR count). The van der Waals surface area contributed by atoms with E-state index in [0.717, 1.165) is 37.3 Å². The molecular formula is C17H27NO3. The van der Waals surface area contributed by atoms with Crippen LogP contribution in [0.2, 0.25) is 0 Å². The number of aryl methyl sites for hydroxylation is 1. The number of furan rings is 1. The Morgan fingerprint density at radius 1 is 1.24 bits per heavy atom. The van der Waals surface area contributed by atoms with Crippen LogP contribution in [0.1, 0.15) is 55.6 Å². The molecule has 2 aliphatic rings. The van der Waals surface area contributed by atoms with Gasteiger partial charge < -0.3 is 19.2 Å². The van der Waals surface area contributed by atoms with Crippen molar-refractivity contribution in [3.05, 3.63) is 23.2 Å². The number of hydrogen-bond donors (Lipinski definition) is 1. The minimum Gasteiger partial charge on any atom is -0.465 e. The molecule has 1 aromatic heterocycles. The number of nitrogens with one attached hydrogen (secondary N) is 1. The van der Waals surface area contributed by atoms with E-state index in [1.165, 1.54) is 24.8 Å². The van der Waals surface area contributed by atoms with E-state index in [4.69, 9.17) is 13.9 Å². The average molecular weight is 293 g/mol. The highest BCUT2D eigenvalue weighted by molar-refractivity contribution is 5.20. The Morgan fingerprint density at radius 2 is 2.05 bits per heavy atom. The molecule has 118 valence electrons. The van der Waals surface area contributed by atoms with Gasteiger partial charge in [-0.2, -0.15) is 0 Å². The highest BCUT2D eigenvalue weighted by Gasteiger charge is 2.23. The summed E-state index contributed by atoms with van der Waals surface area (Å²) in [6.07, 6.45) is 7.83. The van der Waals surface area contributed by atoms with E-state index in [0.29, 0.717) is 24.9 Å². The van der Waals surface area contributed by atoms with Crippen LogP contribution >= 0.6 is 0 Å². The van der Waals surface area contributed by atoms with Gasteiger partial charge in [-0.1, -0.05) is 0 Å². The summed E-state index contributed by atoms with van der Waals surface area (Å²) in [4.78, 5) is 0. The van der Waals surface area contributed by atoms with Gasteiger partial charge in [0.25, 0.3) is 0 Å². The lowest BCUT2D eigenvalue weighted by Gasteiger charge is -2.28. The summed E-state index contributed by atoms with van der Waals surface area (Å²) < 4.78 is 17.3. The maximum absolute atomic E-state index is 6.07. The van der Waals surface area contributed by atoms with Crippen molar-refractivity contribution in [2.45, 2.75) is 76.9 Å². The molecule has 1 N–H and O–H groups in total. The molecule has 2 aliphatic carbocycles. The molecule has 0 bridgehead atoms. The zero-order chi connectivity index (χ0) is 14.7. The van der Waals surface area contributed by atoms with Crippen molar-refractivity contribution < 1.29 is 13.9 Å². The molecule has 0 saturated heterocycles. The SMILES string of the molecule is COC1CCCC(OCc2cc(CNC3CC3)oc2C)C1. The van der Waals surface area contributed by atoms with Crippen molar-refractivity contribution in [2.24, 2.45) is 0 Å². The fourth-order valence-electron chi connectivity index (χ4n) is 3.03. The molecule has 0 radical (unpaired) electrons. The Hall–Kier alpha value is -0.840. The van der Waals surface area contributed by atoms with E-state index in [1.54, 1.807) is 7.11 Å². The van der Waals surface area contributed by atoms with Crippen molar-refractivity contribution in [2.75, 3.05) is 7.11 Å². The second-order valence-corrected chi connectivity index (χ2v) is 6.41. The van der Waals surface area contributed by atoms with Crippen LogP contribution in [0.25, 0.3) is 0 Å². The van der Waals surface area contributed by atoms with Crippen LogP contribution in [0, 0.1) is 6.92 Å². The Bertz CT molecular complexity index is 453. The minimum absolute atomic E-state index is 0.325. The van der Waals surface area contributed by atoms with Crippen molar-refractivity contribution in [1.29, 1.82) is 0 Å². The van der Waals surface area contributed by atoms with Crippen LogP contribution in [-0.2, 0) is 22.6 Å². The largest absolute Gasteiger partial charge is 0.465 e. The molecule has 1 aromatic rings. The fourth-order valence-corrected chi connectivity index (χ4v) is 3.03. The first-order chi connectivity index (χ1) is 10.2. The highest BCUT2D eigenvalue weighted by Crippen LogP contribution is 2.25. The molecule has 2 fully saturated rings. The standard InChI is InChI=1S/C17H27NO3/c1-12-13(8-17(21-12)10-18-14-6-7-14)11-20-16-5-3-4-15(9-16)19-2/h8,14-16,18H,3-7,9-11H2,1-2H3. The van der Waals surface area contributed by atoms with Crippen molar-refractivity contribution in [3.63, 3.8) is 0 Å². The van der Waals surface area contributed by atoms with Crippen LogP contribution in [0.15, 0.2) is 10.5 Å². The van der Waals surface area contributed by atoms with Crippen molar-refractivity contribution in [3.8, 4) is 0 Å². The van der Waals surface area contributed by atoms with Crippen molar-refractivity contribution >= 4 is 0 Å². The molecule has 2 unspecified atom stereocenters. The summed E-state index contributed by atoms with van der Waals surface area (Å²) in [6, 6.07) is 2.85. The zero-order valence-electron chi connectivity index (χ0n) is 13.2. The van der Waals surface area contributed by atoms with E-state index in [2.05, 4.69) is 11.4 Å². The predicted octanol–water partition coefficient (Wildman–Crippen LogP) is 3.31. The first-order valence-corrected chi connectivity index (χ1v) is 8.20. The quantitative estimate of drug-likeness (QED) is 0.837. The number of hydrogen-bond acceptors (Lipinski definition) is 4. The van der Waals surface area contributed by atoms with E-state index >= 15 is 0 Å². The van der Waals surface area contributed by atoms with Gasteiger partial charge in [-0.05, 0) is 51.5 Å². The van der Waals surface area contributed by atoms with E-state index in [9.17, 15) is 0 Å². The zero-order valence-corrected chi connectivity index (χ0v) is 13.2. The first kappa shape index (κ1) is 15.1. The van der Waals surface area contributed by atoms with Gasteiger partial charge in [0.2, 0.25) is 0 Å². The van der Waals surface area contributed by atoms with Gasteiger partial charge in [0.15, 0.2) is 0 Å². The summed E-state index contributed by atoms with van der Waals surface area (Å²) in [6.45, 7) is 3.51. The molecule has 0 aliphatic heterocycles. The summed E-state index contributed by atoms with van der Waals surface area (Å²) in [5, 5.41) is 3.48. The van der Waals surface area contributed by atoms with E-state index < -0.39 is 0 Å². The molecule has 4 heteroatoms. The molecule has 21 heavy (non-hydrogen) atoms. The molecular weight excluding hydrogens is 266 g/mol. The van der Waals surface area contributed by atoms with Gasteiger partial charge in [-0.3, -0.25) is 0 Å². The number of ether oxygens (including phenoxy) is 2. The normalized spacial score (nSPS) is 26.2. The summed E-state index contributed by atoms with van der Waals surface area (Å²) in [5.41, 5.74) is 1.18. The van der Waals surface area contributed by atoms with Gasteiger partial charge in [0, 0.05) is 18.7 Å². The smallest absolute Gasteiger partial charge is 0.118 e. The maximum Gasteiger partial charge on any atom is 0.118 e. The Balaban J connectivity index is 1.47. The van der Waals surface area contributed by atoms with Crippen LogP contribution < -0.4 is 5.32 Å². The lowest BCUT2D eigenvalue weighted by molar-refractivity contribution is -0.0365. The highest BCUT2D eigenvalue weighted by atomic mass is 16.5. The van der Waals surface area contributed by atoms with Crippen LogP contribution in [0.4, 0.5) is 0 Å². The predicted molar refractivity (Wildman–Crippen MR) is 81.1 cm³/mol. The fraction of sp³-hybridized carbons (Fsp3) is 0.765. The van der Waals surface area contributed by atoms with Gasteiger partial charge in [0.1, 0.15) is 11.5 Å².